The smallest absolute Gasteiger partial charge is 0.355 e. The molecule has 21 heavy (non-hydrogen) atoms. The molecule has 2 aliphatic rings. The summed E-state index contributed by atoms with van der Waals surface area (Å²) < 4.78 is 5.33. The van der Waals surface area contributed by atoms with E-state index in [2.05, 4.69) is 31.2 Å². The Bertz CT molecular complexity index is 688. The molecule has 1 N–H and O–H groups in total. The molecule has 1 aromatic carbocycles. The fourth-order valence-electron chi connectivity index (χ4n) is 2.43. The maximum absolute atomic E-state index is 12.5. The Labute approximate surface area is 128 Å². The number of nitrogens with zero attached hydrogens (tertiary/aromatic N) is 2. The molecule has 1 saturated heterocycles. The SMILES string of the molecule is COC(=O)C1=NN[C@H]2C(=O)N(c3cccc(Br)c3)C(=O)[C@H]12. The number of benzene rings is 1. The molecule has 3 rings (SSSR count). The number of hydrazone groups is 1. The van der Waals surface area contributed by atoms with Crippen molar-refractivity contribution in [3.05, 3.63) is 28.7 Å². The monoisotopic (exact) mass is 351 g/mol. The number of methoxy groups -OCH3 is 1. The van der Waals surface area contributed by atoms with Crippen LogP contribution in [0.1, 0.15) is 0 Å². The molecular formula is C13H10BrN3O4. The molecule has 0 radical (unpaired) electrons. The van der Waals surface area contributed by atoms with E-state index in [1.807, 2.05) is 0 Å². The number of nitrogens with one attached hydrogen (secondary N) is 1. The summed E-state index contributed by atoms with van der Waals surface area (Å²) in [4.78, 5) is 37.6. The van der Waals surface area contributed by atoms with E-state index in [9.17, 15) is 14.4 Å². The van der Waals surface area contributed by atoms with E-state index in [0.717, 1.165) is 9.37 Å². The molecule has 0 saturated carbocycles. The number of amides is 2. The predicted molar refractivity (Wildman–Crippen MR) is 76.5 cm³/mol. The van der Waals surface area contributed by atoms with E-state index in [1.165, 1.54) is 7.11 Å². The lowest BCUT2D eigenvalue weighted by molar-refractivity contribution is -0.133. The van der Waals surface area contributed by atoms with Gasteiger partial charge in [-0.3, -0.25) is 15.0 Å². The first kappa shape index (κ1) is 13.7. The number of anilines is 1. The Balaban J connectivity index is 1.98. The van der Waals surface area contributed by atoms with Crippen molar-refractivity contribution >= 4 is 45.1 Å². The molecule has 7 nitrogen and oxygen atoms in total. The second kappa shape index (κ2) is 4.96. The van der Waals surface area contributed by atoms with Crippen molar-refractivity contribution in [3.8, 4) is 0 Å². The first-order valence-corrected chi connectivity index (χ1v) is 6.88. The highest BCUT2D eigenvalue weighted by molar-refractivity contribution is 9.10. The molecular weight excluding hydrogens is 342 g/mol. The van der Waals surface area contributed by atoms with E-state index >= 15 is 0 Å². The molecule has 0 bridgehead atoms. The van der Waals surface area contributed by atoms with Crippen LogP contribution in [-0.2, 0) is 19.1 Å². The van der Waals surface area contributed by atoms with Gasteiger partial charge >= 0.3 is 5.97 Å². The number of halogens is 1. The molecule has 8 heteroatoms. The van der Waals surface area contributed by atoms with Gasteiger partial charge in [0.25, 0.3) is 5.91 Å². The molecule has 0 unspecified atom stereocenters. The quantitative estimate of drug-likeness (QED) is 0.616. The van der Waals surface area contributed by atoms with Crippen molar-refractivity contribution in [1.29, 1.82) is 0 Å². The minimum absolute atomic E-state index is 0.0710. The van der Waals surface area contributed by atoms with Crippen LogP contribution in [0.3, 0.4) is 0 Å². The van der Waals surface area contributed by atoms with Crippen LogP contribution in [0, 0.1) is 5.92 Å². The average Bonchev–Trinajstić information content (AvgIpc) is 3.00. The van der Waals surface area contributed by atoms with Gasteiger partial charge in [0.2, 0.25) is 5.91 Å². The van der Waals surface area contributed by atoms with Gasteiger partial charge in [-0.2, -0.15) is 5.10 Å². The third-order valence-corrected chi connectivity index (χ3v) is 3.88. The molecule has 2 aliphatic heterocycles. The molecule has 0 aromatic heterocycles. The van der Waals surface area contributed by atoms with Crippen LogP contribution in [0.15, 0.2) is 33.8 Å². The van der Waals surface area contributed by atoms with Crippen molar-refractivity contribution in [2.24, 2.45) is 11.0 Å². The summed E-state index contributed by atoms with van der Waals surface area (Å²) in [5.74, 6) is -2.58. The first-order chi connectivity index (χ1) is 10.0. The Kier molecular flexibility index (Phi) is 3.25. The third-order valence-electron chi connectivity index (χ3n) is 3.39. The van der Waals surface area contributed by atoms with E-state index in [4.69, 9.17) is 0 Å². The summed E-state index contributed by atoms with van der Waals surface area (Å²) in [6, 6.07) is 5.96. The second-order valence-corrected chi connectivity index (χ2v) is 5.48. The number of fused-ring (bicyclic) bond motifs is 1. The van der Waals surface area contributed by atoms with Gasteiger partial charge in [0.05, 0.1) is 12.8 Å². The number of carbonyl (C=O) groups excluding carboxylic acids is 3. The van der Waals surface area contributed by atoms with E-state index < -0.39 is 29.7 Å². The lowest BCUT2D eigenvalue weighted by Crippen LogP contribution is -2.36. The summed E-state index contributed by atoms with van der Waals surface area (Å²) in [6.45, 7) is 0. The maximum Gasteiger partial charge on any atom is 0.355 e. The predicted octanol–water partition coefficient (Wildman–Crippen LogP) is 0.439. The van der Waals surface area contributed by atoms with Gasteiger partial charge in [0.15, 0.2) is 5.71 Å². The lowest BCUT2D eigenvalue weighted by Gasteiger charge is -2.15. The number of imide groups is 1. The van der Waals surface area contributed by atoms with Crippen molar-refractivity contribution in [2.75, 3.05) is 12.0 Å². The highest BCUT2D eigenvalue weighted by atomic mass is 79.9. The van der Waals surface area contributed by atoms with Crippen molar-refractivity contribution in [1.82, 2.24) is 5.43 Å². The molecule has 2 atom stereocenters. The van der Waals surface area contributed by atoms with Crippen LogP contribution in [0.2, 0.25) is 0 Å². The zero-order chi connectivity index (χ0) is 15.1. The number of hydrogen-bond donors (Lipinski definition) is 1. The molecule has 2 amide bonds. The fraction of sp³-hybridized carbons (Fsp3) is 0.231. The number of ether oxygens (including phenoxy) is 1. The van der Waals surface area contributed by atoms with Crippen LogP contribution < -0.4 is 10.3 Å². The molecule has 0 spiro atoms. The summed E-state index contributed by atoms with van der Waals surface area (Å²) in [5.41, 5.74) is 2.92. The molecule has 108 valence electrons. The van der Waals surface area contributed by atoms with Crippen LogP contribution in [0.25, 0.3) is 0 Å². The van der Waals surface area contributed by atoms with E-state index in [0.29, 0.717) is 5.69 Å². The third kappa shape index (κ3) is 2.02. The Hall–Kier alpha value is -2.22. The fourth-order valence-corrected chi connectivity index (χ4v) is 2.82. The van der Waals surface area contributed by atoms with Crippen LogP contribution in [-0.4, -0.2) is 36.6 Å². The normalized spacial score (nSPS) is 23.7. The summed E-state index contributed by atoms with van der Waals surface area (Å²) in [5, 5.41) is 3.75. The molecule has 1 aromatic rings. The average molecular weight is 352 g/mol. The Morgan fingerprint density at radius 1 is 1.38 bits per heavy atom. The van der Waals surface area contributed by atoms with Crippen molar-refractivity contribution < 1.29 is 19.1 Å². The zero-order valence-electron chi connectivity index (χ0n) is 10.9. The van der Waals surface area contributed by atoms with Gasteiger partial charge in [-0.05, 0) is 18.2 Å². The van der Waals surface area contributed by atoms with Crippen molar-refractivity contribution in [3.63, 3.8) is 0 Å². The second-order valence-electron chi connectivity index (χ2n) is 4.56. The first-order valence-electron chi connectivity index (χ1n) is 6.09. The van der Waals surface area contributed by atoms with Gasteiger partial charge < -0.3 is 4.74 Å². The van der Waals surface area contributed by atoms with Gasteiger partial charge in [0.1, 0.15) is 12.0 Å². The maximum atomic E-state index is 12.5. The highest BCUT2D eigenvalue weighted by Gasteiger charge is 2.55. The minimum atomic E-state index is -0.941. The van der Waals surface area contributed by atoms with E-state index in [-0.39, 0.29) is 5.71 Å². The van der Waals surface area contributed by atoms with Crippen LogP contribution >= 0.6 is 15.9 Å². The standard InChI is InChI=1S/C13H10BrN3O4/c1-21-13(20)10-8-9(15-16-10)12(19)17(11(8)18)7-4-2-3-6(14)5-7/h2-5,8-9,15H,1H3/t8-,9+/m0/s1. The van der Waals surface area contributed by atoms with Crippen molar-refractivity contribution in [2.45, 2.75) is 6.04 Å². The largest absolute Gasteiger partial charge is 0.464 e. The van der Waals surface area contributed by atoms with Gasteiger partial charge in [-0.25, -0.2) is 9.69 Å². The van der Waals surface area contributed by atoms with Gasteiger partial charge in [-0.1, -0.05) is 22.0 Å². The minimum Gasteiger partial charge on any atom is -0.464 e. The number of hydrogen-bond acceptors (Lipinski definition) is 6. The topological polar surface area (TPSA) is 88.1 Å². The highest BCUT2D eigenvalue weighted by Crippen LogP contribution is 2.31. The number of esters is 1. The number of carbonyl (C=O) groups is 3. The Morgan fingerprint density at radius 3 is 2.81 bits per heavy atom. The van der Waals surface area contributed by atoms with E-state index in [1.54, 1.807) is 24.3 Å². The summed E-state index contributed by atoms with van der Waals surface area (Å²) in [7, 11) is 1.20. The van der Waals surface area contributed by atoms with Gasteiger partial charge in [0, 0.05) is 4.47 Å². The molecule has 0 aliphatic carbocycles. The van der Waals surface area contributed by atoms with Gasteiger partial charge in [-0.15, -0.1) is 0 Å². The van der Waals surface area contributed by atoms with Crippen LogP contribution in [0.4, 0.5) is 5.69 Å². The summed E-state index contributed by atoms with van der Waals surface area (Å²) >= 11 is 3.29. The lowest BCUT2D eigenvalue weighted by atomic mass is 9.99. The molecule has 2 heterocycles. The summed E-state index contributed by atoms with van der Waals surface area (Å²) in [6.07, 6.45) is 0. The van der Waals surface area contributed by atoms with Crippen LogP contribution in [0.5, 0.6) is 0 Å². The zero-order valence-corrected chi connectivity index (χ0v) is 12.5. The number of rotatable bonds is 2. The Morgan fingerprint density at radius 2 is 2.14 bits per heavy atom. The molecule has 1 fully saturated rings.